The molecule has 238 valence electrons. The van der Waals surface area contributed by atoms with E-state index in [1.807, 2.05) is 6.92 Å². The summed E-state index contributed by atoms with van der Waals surface area (Å²) >= 11 is 5.31. The molecule has 4 aromatic rings. The molecule has 0 saturated carbocycles. The fourth-order valence-corrected chi connectivity index (χ4v) is 7.27. The Morgan fingerprint density at radius 1 is 0.909 bits per heavy atom. The van der Waals surface area contributed by atoms with Crippen LogP contribution in [0.25, 0.3) is 22.3 Å². The van der Waals surface area contributed by atoms with Gasteiger partial charge in [0.05, 0.1) is 32.0 Å². The zero-order chi connectivity index (χ0) is 31.2. The van der Waals surface area contributed by atoms with Gasteiger partial charge in [0.2, 0.25) is 0 Å². The summed E-state index contributed by atoms with van der Waals surface area (Å²) in [5, 5.41) is 22.5. The minimum absolute atomic E-state index is 0.0280. The number of nitrogen functional groups attached to an aromatic ring is 2. The molecule has 0 aliphatic carbocycles. The van der Waals surface area contributed by atoms with Crippen LogP contribution >= 0.6 is 16.2 Å². The molecule has 0 bridgehead atoms. The molecule has 6 rings (SSSR count). The number of imidazole rings is 2. The predicted octanol–water partition coefficient (Wildman–Crippen LogP) is 0.189. The van der Waals surface area contributed by atoms with E-state index < -0.39 is 49.7 Å². The summed E-state index contributed by atoms with van der Waals surface area (Å²) in [6.07, 6.45) is 0.0299. The lowest BCUT2D eigenvalue weighted by Gasteiger charge is -2.26. The van der Waals surface area contributed by atoms with Gasteiger partial charge in [0.15, 0.2) is 29.2 Å². The number of aliphatic hydroxyl groups is 2. The first-order valence-corrected chi connectivity index (χ1v) is 16.7. The second-order valence-corrected chi connectivity index (χ2v) is 13.5. The van der Waals surface area contributed by atoms with Crippen LogP contribution in [0.5, 0.6) is 0 Å². The Hall–Kier alpha value is -2.54. The Labute approximate surface area is 257 Å². The molecule has 44 heavy (non-hydrogen) atoms. The number of ether oxygens (including phenoxy) is 2. The van der Waals surface area contributed by atoms with Gasteiger partial charge in [-0.2, -0.15) is 0 Å². The van der Waals surface area contributed by atoms with Gasteiger partial charge in [0.1, 0.15) is 54.3 Å². The van der Waals surface area contributed by atoms with Gasteiger partial charge in [-0.25, -0.2) is 29.9 Å². The Morgan fingerprint density at radius 3 is 2.09 bits per heavy atom. The van der Waals surface area contributed by atoms with E-state index >= 15 is 0 Å². The number of rotatable bonds is 11. The quantitative estimate of drug-likeness (QED) is 0.134. The van der Waals surface area contributed by atoms with Gasteiger partial charge in [-0.15, -0.1) is 0 Å². The second kappa shape index (κ2) is 12.7. The second-order valence-electron chi connectivity index (χ2n) is 10.4. The van der Waals surface area contributed by atoms with Crippen LogP contribution < -0.4 is 11.5 Å². The molecule has 21 heteroatoms. The van der Waals surface area contributed by atoms with Gasteiger partial charge < -0.3 is 45.1 Å². The molecular weight excluding hydrogens is 638 g/mol. The first-order valence-electron chi connectivity index (χ1n) is 13.6. The number of aliphatic hydroxyl groups excluding tert-OH is 2. The van der Waals surface area contributed by atoms with Gasteiger partial charge >= 0.3 is 6.72 Å². The van der Waals surface area contributed by atoms with Gasteiger partial charge in [-0.1, -0.05) is 13.3 Å². The van der Waals surface area contributed by atoms with Gasteiger partial charge in [0, 0.05) is 15.4 Å². The SMILES string of the molecule is CCC[C@@H]1[C@H](O)[C@@H](COP(O)(=S)O[C@H]2[C@@H](O)[C@H](n3cnc4c(N)ncnc43)O[C@@H]2COP)O[C@H]1n1cnc2c(N)ncnc21. The minimum atomic E-state index is -4.03. The van der Waals surface area contributed by atoms with Crippen molar-refractivity contribution in [1.29, 1.82) is 0 Å². The standard InChI is InChI=1S/C23H32N10O8P2S/c1-2-3-10-15(34)11(39-22(10)32-8-30-13-18(24)26-6-28-20(13)32)5-38-43(36,44)41-17-12(4-37-42)40-23(16(17)35)33-9-31-14-19(25)27-7-29-21(14)33/h6-12,15-17,22-23,34-35H,2-5,42H2,1H3,(H,36,44)(H2,24,26,28)(H2,25,27,29)/t10-,11-,12-,15+,16-,17-,22-,23-,43?/m1/s1. The molecule has 7 N–H and O–H groups in total. The van der Waals surface area contributed by atoms with Gasteiger partial charge in [0.25, 0.3) is 0 Å². The van der Waals surface area contributed by atoms with Crippen molar-refractivity contribution >= 4 is 62.0 Å². The third-order valence-corrected chi connectivity index (χ3v) is 9.42. The average Bonchev–Trinajstić information content (AvgIpc) is 3.75. The highest BCUT2D eigenvalue weighted by Gasteiger charge is 2.49. The minimum Gasteiger partial charge on any atom is -0.390 e. The highest BCUT2D eigenvalue weighted by Crippen LogP contribution is 2.50. The molecule has 0 aromatic carbocycles. The molecule has 2 saturated heterocycles. The number of hydrogen-bond acceptors (Lipinski definition) is 16. The van der Waals surface area contributed by atoms with Crippen molar-refractivity contribution in [1.82, 2.24) is 39.0 Å². The molecule has 0 amide bonds. The summed E-state index contributed by atoms with van der Waals surface area (Å²) in [6.45, 7) is -2.36. The molecule has 2 unspecified atom stereocenters. The summed E-state index contributed by atoms with van der Waals surface area (Å²) < 4.78 is 32.1. The topological polar surface area (TPSA) is 246 Å². The van der Waals surface area contributed by atoms with Crippen molar-refractivity contribution in [3.8, 4) is 0 Å². The van der Waals surface area contributed by atoms with Gasteiger partial charge in [-0.05, 0) is 18.2 Å². The lowest BCUT2D eigenvalue weighted by Crippen LogP contribution is -2.36. The van der Waals surface area contributed by atoms with Crippen LogP contribution in [0, 0.1) is 5.92 Å². The Balaban J connectivity index is 1.17. The highest BCUT2D eigenvalue weighted by molar-refractivity contribution is 8.07. The van der Waals surface area contributed by atoms with Crippen molar-refractivity contribution in [3.05, 3.63) is 25.3 Å². The lowest BCUT2D eigenvalue weighted by atomic mass is 9.95. The van der Waals surface area contributed by atoms with E-state index in [1.165, 1.54) is 29.9 Å². The molecule has 18 nitrogen and oxygen atoms in total. The molecule has 2 aliphatic heterocycles. The van der Waals surface area contributed by atoms with E-state index in [2.05, 4.69) is 39.4 Å². The monoisotopic (exact) mass is 670 g/mol. The Kier molecular flexibility index (Phi) is 9.07. The van der Waals surface area contributed by atoms with E-state index in [1.54, 1.807) is 4.57 Å². The largest absolute Gasteiger partial charge is 0.390 e. The van der Waals surface area contributed by atoms with Crippen molar-refractivity contribution in [3.63, 3.8) is 0 Å². The zero-order valence-electron chi connectivity index (χ0n) is 23.3. The molecule has 2 aliphatic rings. The molecule has 0 spiro atoms. The maximum atomic E-state index is 11.2. The van der Waals surface area contributed by atoms with E-state index in [-0.39, 0.29) is 30.8 Å². The smallest absolute Gasteiger partial charge is 0.325 e. The van der Waals surface area contributed by atoms with Crippen LogP contribution in [0.4, 0.5) is 11.6 Å². The zero-order valence-corrected chi connectivity index (χ0v) is 26.2. The van der Waals surface area contributed by atoms with Crippen molar-refractivity contribution in [2.75, 3.05) is 24.7 Å². The maximum Gasteiger partial charge on any atom is 0.325 e. The van der Waals surface area contributed by atoms with Crippen LogP contribution in [-0.4, -0.2) is 97.9 Å². The number of fused-ring (bicyclic) bond motifs is 2. The number of aromatic nitrogens is 8. The van der Waals surface area contributed by atoms with Gasteiger partial charge in [-0.3, -0.25) is 13.7 Å². The molecule has 2 fully saturated rings. The van der Waals surface area contributed by atoms with E-state index in [0.29, 0.717) is 28.7 Å². The number of nitrogens with zero attached hydrogens (tertiary/aromatic N) is 8. The third-order valence-electron chi connectivity index (χ3n) is 7.67. The Bertz CT molecular complexity index is 1680. The van der Waals surface area contributed by atoms with Crippen LogP contribution in [0.1, 0.15) is 32.2 Å². The molecular formula is C23H32N10O8P2S. The number of hydrogen-bond donors (Lipinski definition) is 5. The fourth-order valence-electron chi connectivity index (χ4n) is 5.63. The van der Waals surface area contributed by atoms with E-state index in [4.69, 9.17) is 46.3 Å². The first kappa shape index (κ1) is 31.4. The summed E-state index contributed by atoms with van der Waals surface area (Å²) in [6, 6.07) is 0. The maximum absolute atomic E-state index is 11.2. The highest BCUT2D eigenvalue weighted by atomic mass is 32.5. The summed E-state index contributed by atoms with van der Waals surface area (Å²) in [5.41, 5.74) is 13.4. The van der Waals surface area contributed by atoms with E-state index in [9.17, 15) is 15.1 Å². The van der Waals surface area contributed by atoms with Crippen LogP contribution in [0.3, 0.4) is 0 Å². The molecule has 6 heterocycles. The molecule has 10 atom stereocenters. The van der Waals surface area contributed by atoms with Crippen LogP contribution in [-0.2, 0) is 34.9 Å². The Morgan fingerprint density at radius 2 is 1.50 bits per heavy atom. The summed E-state index contributed by atoms with van der Waals surface area (Å²) in [5.74, 6) is 0.0371. The summed E-state index contributed by atoms with van der Waals surface area (Å²) in [4.78, 5) is 36.0. The normalized spacial score (nSPS) is 30.4. The van der Waals surface area contributed by atoms with Crippen molar-refractivity contribution in [2.45, 2.75) is 62.7 Å². The van der Waals surface area contributed by atoms with Crippen LogP contribution in [0.2, 0.25) is 0 Å². The number of anilines is 2. The fraction of sp³-hybridized carbons (Fsp3) is 0.565. The summed E-state index contributed by atoms with van der Waals surface area (Å²) in [7, 11) is 2.10. The molecule has 4 aromatic heterocycles. The first-order chi connectivity index (χ1) is 21.1. The van der Waals surface area contributed by atoms with Crippen LogP contribution in [0.15, 0.2) is 25.3 Å². The average molecular weight is 671 g/mol. The van der Waals surface area contributed by atoms with Crippen molar-refractivity contribution < 1.29 is 38.2 Å². The predicted molar refractivity (Wildman–Crippen MR) is 161 cm³/mol. The molecule has 0 radical (unpaired) electrons. The third kappa shape index (κ3) is 5.78. The van der Waals surface area contributed by atoms with Crippen molar-refractivity contribution in [2.24, 2.45) is 5.92 Å². The number of nitrogens with two attached hydrogens (primary N) is 2. The van der Waals surface area contributed by atoms with E-state index in [0.717, 1.165) is 6.42 Å². The lowest BCUT2D eigenvalue weighted by molar-refractivity contribution is -0.0492.